The topological polar surface area (TPSA) is 93.8 Å². The van der Waals surface area contributed by atoms with Gasteiger partial charge in [-0.2, -0.15) is 0 Å². The lowest BCUT2D eigenvalue weighted by atomic mass is 10.1. The molecular formula is C18H21N5O2. The molecule has 0 aliphatic heterocycles. The molecule has 0 aliphatic rings. The fourth-order valence-corrected chi connectivity index (χ4v) is 2.37. The predicted octanol–water partition coefficient (Wildman–Crippen LogP) is 3.24. The largest absolute Gasteiger partial charge is 0.423 e. The van der Waals surface area contributed by atoms with Gasteiger partial charge in [0.15, 0.2) is 0 Å². The smallest absolute Gasteiger partial charge is 0.251 e. The van der Waals surface area contributed by atoms with Gasteiger partial charge in [-0.25, -0.2) is 9.97 Å². The molecule has 0 aliphatic carbocycles. The first kappa shape index (κ1) is 17.0. The van der Waals surface area contributed by atoms with Gasteiger partial charge in [-0.15, -0.1) is 10.2 Å². The normalized spacial score (nSPS) is 12.6. The molecule has 2 heterocycles. The molecule has 1 N–H and O–H groups in total. The highest BCUT2D eigenvalue weighted by molar-refractivity contribution is 5.97. The van der Waals surface area contributed by atoms with Gasteiger partial charge in [-0.1, -0.05) is 13.8 Å². The van der Waals surface area contributed by atoms with Crippen LogP contribution < -0.4 is 5.32 Å². The van der Waals surface area contributed by atoms with Crippen molar-refractivity contribution in [2.45, 2.75) is 46.6 Å². The van der Waals surface area contributed by atoms with Crippen molar-refractivity contribution in [2.24, 2.45) is 0 Å². The minimum Gasteiger partial charge on any atom is -0.423 e. The van der Waals surface area contributed by atoms with E-state index in [2.05, 4.69) is 25.5 Å². The third-order valence-corrected chi connectivity index (χ3v) is 4.01. The maximum absolute atomic E-state index is 12.5. The van der Waals surface area contributed by atoms with Crippen molar-refractivity contribution in [3.05, 3.63) is 46.9 Å². The minimum absolute atomic E-state index is 0.148. The van der Waals surface area contributed by atoms with Gasteiger partial charge in [0.05, 0.1) is 22.4 Å². The summed E-state index contributed by atoms with van der Waals surface area (Å²) in [7, 11) is 0. The first-order valence-corrected chi connectivity index (χ1v) is 8.24. The highest BCUT2D eigenvalue weighted by Crippen LogP contribution is 2.18. The Balaban J connectivity index is 1.80. The third kappa shape index (κ3) is 3.50. The first-order chi connectivity index (χ1) is 11.8. The third-order valence-electron chi connectivity index (χ3n) is 4.01. The Bertz CT molecular complexity index is 932. The van der Waals surface area contributed by atoms with Crippen LogP contribution in [0.4, 0.5) is 0 Å². The molecule has 0 radical (unpaired) electrons. The number of amides is 1. The number of fused-ring (bicyclic) bond motifs is 1. The lowest BCUT2D eigenvalue weighted by molar-refractivity contribution is 0.0934. The number of aromatic nitrogens is 4. The number of nitrogens with one attached hydrogen (secondary N) is 1. The Labute approximate surface area is 145 Å². The standard InChI is InChI=1S/C18H21N5O2/c1-9(2)17-22-23-18(25-17)12(5)21-16(24)13-6-7-14-15(8-13)20-11(4)10(3)19-14/h6-9,12H,1-5H3,(H,21,24). The molecule has 1 atom stereocenters. The fourth-order valence-electron chi connectivity index (χ4n) is 2.37. The molecule has 3 rings (SSSR count). The highest BCUT2D eigenvalue weighted by Gasteiger charge is 2.18. The zero-order valence-electron chi connectivity index (χ0n) is 15.0. The average molecular weight is 339 g/mol. The van der Waals surface area contributed by atoms with Crippen molar-refractivity contribution in [3.8, 4) is 0 Å². The monoisotopic (exact) mass is 339 g/mol. The van der Waals surface area contributed by atoms with E-state index >= 15 is 0 Å². The van der Waals surface area contributed by atoms with Crippen molar-refractivity contribution in [1.29, 1.82) is 0 Å². The van der Waals surface area contributed by atoms with Crippen molar-refractivity contribution in [3.63, 3.8) is 0 Å². The molecule has 7 nitrogen and oxygen atoms in total. The summed E-state index contributed by atoms with van der Waals surface area (Å²) in [5.74, 6) is 0.876. The second-order valence-corrected chi connectivity index (χ2v) is 6.43. The second kappa shape index (κ2) is 6.58. The average Bonchev–Trinajstić information content (AvgIpc) is 3.06. The fraction of sp³-hybridized carbons (Fsp3) is 0.389. The molecule has 1 aromatic carbocycles. The number of hydrogen-bond acceptors (Lipinski definition) is 6. The Morgan fingerprint density at radius 3 is 2.28 bits per heavy atom. The molecule has 0 saturated carbocycles. The van der Waals surface area contributed by atoms with Crippen molar-refractivity contribution >= 4 is 16.9 Å². The van der Waals surface area contributed by atoms with Gasteiger partial charge in [0.2, 0.25) is 11.8 Å². The Morgan fingerprint density at radius 1 is 1.00 bits per heavy atom. The van der Waals surface area contributed by atoms with E-state index in [1.54, 1.807) is 18.2 Å². The molecule has 1 amide bonds. The molecule has 7 heteroatoms. The molecule has 0 saturated heterocycles. The van der Waals surface area contributed by atoms with E-state index in [-0.39, 0.29) is 17.9 Å². The first-order valence-electron chi connectivity index (χ1n) is 8.24. The zero-order valence-corrected chi connectivity index (χ0v) is 15.0. The van der Waals surface area contributed by atoms with Crippen molar-refractivity contribution in [2.75, 3.05) is 0 Å². The second-order valence-electron chi connectivity index (χ2n) is 6.43. The molecular weight excluding hydrogens is 318 g/mol. The van der Waals surface area contributed by atoms with E-state index < -0.39 is 0 Å². The van der Waals surface area contributed by atoms with Crippen LogP contribution >= 0.6 is 0 Å². The molecule has 1 unspecified atom stereocenters. The SMILES string of the molecule is Cc1nc2ccc(C(=O)NC(C)c3nnc(C(C)C)o3)cc2nc1C. The number of carbonyl (C=O) groups excluding carboxylic acids is 1. The van der Waals surface area contributed by atoms with Gasteiger partial charge < -0.3 is 9.73 Å². The summed E-state index contributed by atoms with van der Waals surface area (Å²) in [5, 5.41) is 10.9. The number of carbonyl (C=O) groups is 1. The Morgan fingerprint density at radius 2 is 1.64 bits per heavy atom. The van der Waals surface area contributed by atoms with E-state index in [0.717, 1.165) is 16.9 Å². The Kier molecular flexibility index (Phi) is 4.48. The number of rotatable bonds is 4. The molecule has 25 heavy (non-hydrogen) atoms. The molecule has 130 valence electrons. The maximum Gasteiger partial charge on any atom is 0.251 e. The van der Waals surface area contributed by atoms with Crippen LogP contribution in [0.2, 0.25) is 0 Å². The van der Waals surface area contributed by atoms with E-state index in [1.807, 2.05) is 34.6 Å². The summed E-state index contributed by atoms with van der Waals surface area (Å²) in [6, 6.07) is 4.90. The van der Waals surface area contributed by atoms with Crippen molar-refractivity contribution in [1.82, 2.24) is 25.5 Å². The van der Waals surface area contributed by atoms with Crippen LogP contribution in [-0.2, 0) is 0 Å². The summed E-state index contributed by atoms with van der Waals surface area (Å²) < 4.78 is 5.58. The van der Waals surface area contributed by atoms with Gasteiger partial charge in [0.25, 0.3) is 5.91 Å². The van der Waals surface area contributed by atoms with Crippen LogP contribution in [0.5, 0.6) is 0 Å². The zero-order chi connectivity index (χ0) is 18.1. The van der Waals surface area contributed by atoms with Gasteiger partial charge in [0, 0.05) is 11.5 Å². The summed E-state index contributed by atoms with van der Waals surface area (Å²) in [6.07, 6.45) is 0. The predicted molar refractivity (Wildman–Crippen MR) is 93.3 cm³/mol. The van der Waals surface area contributed by atoms with Crippen LogP contribution in [0.15, 0.2) is 22.6 Å². The van der Waals surface area contributed by atoms with Gasteiger partial charge in [-0.3, -0.25) is 4.79 Å². The number of benzene rings is 1. The Hall–Kier alpha value is -2.83. The minimum atomic E-state index is -0.381. The van der Waals surface area contributed by atoms with E-state index in [9.17, 15) is 4.79 Å². The summed E-state index contributed by atoms with van der Waals surface area (Å²) in [6.45, 7) is 9.57. The van der Waals surface area contributed by atoms with Crippen molar-refractivity contribution < 1.29 is 9.21 Å². The van der Waals surface area contributed by atoms with Crippen LogP contribution in [0.1, 0.15) is 66.3 Å². The van der Waals surface area contributed by atoms with E-state index in [4.69, 9.17) is 4.42 Å². The highest BCUT2D eigenvalue weighted by atomic mass is 16.4. The lowest BCUT2D eigenvalue weighted by Gasteiger charge is -2.11. The molecule has 0 fully saturated rings. The van der Waals surface area contributed by atoms with Gasteiger partial charge >= 0.3 is 0 Å². The molecule has 0 bridgehead atoms. The van der Waals surface area contributed by atoms with Gasteiger partial charge in [0.1, 0.15) is 6.04 Å². The number of nitrogens with zero attached hydrogens (tertiary/aromatic N) is 4. The summed E-state index contributed by atoms with van der Waals surface area (Å²) in [4.78, 5) is 21.5. The molecule has 3 aromatic rings. The van der Waals surface area contributed by atoms with Crippen LogP contribution in [0, 0.1) is 13.8 Å². The van der Waals surface area contributed by atoms with E-state index in [1.165, 1.54) is 0 Å². The maximum atomic E-state index is 12.5. The quantitative estimate of drug-likeness (QED) is 0.784. The van der Waals surface area contributed by atoms with Crippen LogP contribution in [0.3, 0.4) is 0 Å². The molecule has 2 aromatic heterocycles. The summed E-state index contributed by atoms with van der Waals surface area (Å²) >= 11 is 0. The van der Waals surface area contributed by atoms with Crippen LogP contribution in [-0.4, -0.2) is 26.1 Å². The molecule has 0 spiro atoms. The number of hydrogen-bond donors (Lipinski definition) is 1. The number of aryl methyl sites for hydroxylation is 2. The van der Waals surface area contributed by atoms with Crippen LogP contribution in [0.25, 0.3) is 11.0 Å². The lowest BCUT2D eigenvalue weighted by Crippen LogP contribution is -2.26. The van der Waals surface area contributed by atoms with E-state index in [0.29, 0.717) is 22.9 Å². The summed E-state index contributed by atoms with van der Waals surface area (Å²) in [5.41, 5.74) is 3.72. The van der Waals surface area contributed by atoms with Gasteiger partial charge in [-0.05, 0) is 39.0 Å².